The number of rotatable bonds is 3. The molecule has 1 N–H and O–H groups in total. The lowest BCUT2D eigenvalue weighted by atomic mass is 9.70. The normalized spacial score (nSPS) is 34.7. The molecule has 3 rings (SSSR count). The summed E-state index contributed by atoms with van der Waals surface area (Å²) < 4.78 is 5.71. The van der Waals surface area contributed by atoms with Crippen molar-refractivity contribution in [3.05, 3.63) is 35.9 Å². The summed E-state index contributed by atoms with van der Waals surface area (Å²) in [4.78, 5) is 12.3. The minimum absolute atomic E-state index is 0.0315. The number of ether oxygens (including phenoxy) is 1. The molecule has 2 bridgehead atoms. The predicted molar refractivity (Wildman–Crippen MR) is 80.5 cm³/mol. The van der Waals surface area contributed by atoms with Gasteiger partial charge in [-0.3, -0.25) is 0 Å². The Hall–Kier alpha value is -1.35. The Kier molecular flexibility index (Phi) is 3.36. The van der Waals surface area contributed by atoms with Crippen molar-refractivity contribution in [2.45, 2.75) is 52.2 Å². The maximum Gasteiger partial charge on any atom is 0.339 e. The Labute approximate surface area is 126 Å². The van der Waals surface area contributed by atoms with Gasteiger partial charge in [-0.15, -0.1) is 0 Å². The molecule has 3 nitrogen and oxygen atoms in total. The number of aliphatic hydroxyl groups is 1. The van der Waals surface area contributed by atoms with Crippen LogP contribution in [0.25, 0.3) is 0 Å². The molecule has 0 heterocycles. The molecule has 2 fully saturated rings. The third-order valence-corrected chi connectivity index (χ3v) is 6.31. The molecule has 2 aliphatic rings. The summed E-state index contributed by atoms with van der Waals surface area (Å²) in [6.07, 6.45) is 1.99. The molecular weight excluding hydrogens is 264 g/mol. The van der Waals surface area contributed by atoms with Gasteiger partial charge >= 0.3 is 5.97 Å². The van der Waals surface area contributed by atoms with E-state index >= 15 is 0 Å². The van der Waals surface area contributed by atoms with Crippen molar-refractivity contribution in [1.82, 2.24) is 0 Å². The van der Waals surface area contributed by atoms with E-state index in [1.807, 2.05) is 18.2 Å². The number of benzene rings is 1. The summed E-state index contributed by atoms with van der Waals surface area (Å²) in [6.45, 7) is 6.80. The van der Waals surface area contributed by atoms with Gasteiger partial charge in [0.15, 0.2) is 6.10 Å². The molecule has 0 saturated heterocycles. The minimum Gasteiger partial charge on any atom is -0.460 e. The topological polar surface area (TPSA) is 46.5 Å². The fraction of sp³-hybridized carbons (Fsp3) is 0.611. The first-order valence-corrected chi connectivity index (χ1v) is 7.80. The van der Waals surface area contributed by atoms with Crippen LogP contribution in [0.2, 0.25) is 0 Å². The predicted octanol–water partition coefficient (Wildman–Crippen LogP) is 3.48. The zero-order chi connectivity index (χ0) is 15.3. The van der Waals surface area contributed by atoms with Gasteiger partial charge in [-0.05, 0) is 36.2 Å². The van der Waals surface area contributed by atoms with Crippen LogP contribution in [-0.2, 0) is 9.53 Å². The molecule has 114 valence electrons. The fourth-order valence-corrected chi connectivity index (χ4v) is 4.28. The van der Waals surface area contributed by atoms with E-state index < -0.39 is 12.1 Å². The highest BCUT2D eigenvalue weighted by atomic mass is 16.6. The molecule has 0 unspecified atom stereocenters. The smallest absolute Gasteiger partial charge is 0.339 e. The molecule has 4 atom stereocenters. The molecule has 1 aromatic carbocycles. The molecule has 2 aliphatic carbocycles. The van der Waals surface area contributed by atoms with Crippen LogP contribution in [0.3, 0.4) is 0 Å². The Morgan fingerprint density at radius 3 is 2.48 bits per heavy atom. The monoisotopic (exact) mass is 288 g/mol. The van der Waals surface area contributed by atoms with Crippen molar-refractivity contribution in [1.29, 1.82) is 0 Å². The Morgan fingerprint density at radius 1 is 1.29 bits per heavy atom. The number of esters is 1. The SMILES string of the molecule is CC1(C)[C@@H]2CC[C@]1(C)[C@@H](OC(=O)[C@H](O)c1ccccc1)C2. The van der Waals surface area contributed by atoms with Gasteiger partial charge in [-0.1, -0.05) is 51.1 Å². The van der Waals surface area contributed by atoms with Crippen LogP contribution >= 0.6 is 0 Å². The van der Waals surface area contributed by atoms with Crippen molar-refractivity contribution in [3.63, 3.8) is 0 Å². The third-order valence-electron chi connectivity index (χ3n) is 6.31. The van der Waals surface area contributed by atoms with Gasteiger partial charge in [0.05, 0.1) is 0 Å². The highest BCUT2D eigenvalue weighted by Gasteiger charge is 2.63. The van der Waals surface area contributed by atoms with E-state index in [2.05, 4.69) is 20.8 Å². The molecule has 0 aliphatic heterocycles. The molecular formula is C18H24O3. The van der Waals surface area contributed by atoms with Crippen molar-refractivity contribution in [2.24, 2.45) is 16.7 Å². The number of aliphatic hydroxyl groups excluding tert-OH is 1. The van der Waals surface area contributed by atoms with Gasteiger partial charge in [0.1, 0.15) is 6.10 Å². The van der Waals surface area contributed by atoms with Crippen LogP contribution < -0.4 is 0 Å². The standard InChI is InChI=1S/C18H24O3/c1-17(2)13-9-10-18(17,3)14(11-13)21-16(20)15(19)12-7-5-4-6-8-12/h4-8,13-15,19H,9-11H2,1-3H3/t13-,14+,15-,18-/m1/s1. The van der Waals surface area contributed by atoms with Gasteiger partial charge in [-0.25, -0.2) is 4.79 Å². The molecule has 0 aromatic heterocycles. The van der Waals surface area contributed by atoms with Gasteiger partial charge in [0, 0.05) is 5.41 Å². The highest BCUT2D eigenvalue weighted by molar-refractivity contribution is 5.76. The molecule has 0 spiro atoms. The average molecular weight is 288 g/mol. The first kappa shape index (κ1) is 14.6. The lowest BCUT2D eigenvalue weighted by Crippen LogP contribution is -2.39. The van der Waals surface area contributed by atoms with Crippen molar-refractivity contribution < 1.29 is 14.6 Å². The average Bonchev–Trinajstić information content (AvgIpc) is 2.80. The van der Waals surface area contributed by atoms with E-state index in [0.29, 0.717) is 11.5 Å². The molecule has 0 amide bonds. The van der Waals surface area contributed by atoms with Crippen LogP contribution in [0, 0.1) is 16.7 Å². The highest BCUT2D eigenvalue weighted by Crippen LogP contribution is 2.66. The Morgan fingerprint density at radius 2 is 1.95 bits per heavy atom. The molecule has 0 radical (unpaired) electrons. The first-order valence-electron chi connectivity index (χ1n) is 7.80. The largest absolute Gasteiger partial charge is 0.460 e. The minimum atomic E-state index is -1.18. The van der Waals surface area contributed by atoms with Gasteiger partial charge in [0.25, 0.3) is 0 Å². The van der Waals surface area contributed by atoms with Crippen molar-refractivity contribution in [3.8, 4) is 0 Å². The van der Waals surface area contributed by atoms with E-state index in [-0.39, 0.29) is 16.9 Å². The zero-order valence-electron chi connectivity index (χ0n) is 13.0. The summed E-state index contributed by atoms with van der Waals surface area (Å²) in [5.41, 5.74) is 0.828. The number of hydrogen-bond acceptors (Lipinski definition) is 3. The lowest BCUT2D eigenvalue weighted by Gasteiger charge is -2.38. The second kappa shape index (κ2) is 4.84. The van der Waals surface area contributed by atoms with Gasteiger partial charge in [0.2, 0.25) is 0 Å². The van der Waals surface area contributed by atoms with E-state index in [1.54, 1.807) is 12.1 Å². The lowest BCUT2D eigenvalue weighted by molar-refractivity contribution is -0.167. The molecule has 3 heteroatoms. The first-order chi connectivity index (χ1) is 9.86. The Balaban J connectivity index is 1.72. The van der Waals surface area contributed by atoms with Gasteiger partial charge < -0.3 is 9.84 Å². The van der Waals surface area contributed by atoms with Crippen LogP contribution in [0.4, 0.5) is 0 Å². The van der Waals surface area contributed by atoms with Crippen LogP contribution in [-0.4, -0.2) is 17.2 Å². The quantitative estimate of drug-likeness (QED) is 0.866. The second-order valence-electron chi connectivity index (χ2n) is 7.35. The summed E-state index contributed by atoms with van der Waals surface area (Å²) in [5.74, 6) is 0.102. The van der Waals surface area contributed by atoms with Crippen LogP contribution in [0.1, 0.15) is 51.7 Å². The van der Waals surface area contributed by atoms with Crippen LogP contribution in [0.5, 0.6) is 0 Å². The van der Waals surface area contributed by atoms with Crippen LogP contribution in [0.15, 0.2) is 30.3 Å². The number of hydrogen-bond donors (Lipinski definition) is 1. The third kappa shape index (κ3) is 2.10. The van der Waals surface area contributed by atoms with Crippen molar-refractivity contribution in [2.75, 3.05) is 0 Å². The summed E-state index contributed by atoms with van der Waals surface area (Å²) in [5, 5.41) is 10.2. The maximum absolute atomic E-state index is 12.3. The Bertz CT molecular complexity index is 537. The number of carbonyl (C=O) groups is 1. The maximum atomic E-state index is 12.3. The molecule has 21 heavy (non-hydrogen) atoms. The molecule has 2 saturated carbocycles. The van der Waals surface area contributed by atoms with E-state index in [4.69, 9.17) is 4.74 Å². The van der Waals surface area contributed by atoms with E-state index in [9.17, 15) is 9.90 Å². The molecule has 1 aromatic rings. The van der Waals surface area contributed by atoms with E-state index in [1.165, 1.54) is 6.42 Å². The second-order valence-corrected chi connectivity index (χ2v) is 7.35. The number of carbonyl (C=O) groups excluding carboxylic acids is 1. The summed E-state index contributed by atoms with van der Waals surface area (Å²) in [6, 6.07) is 8.99. The van der Waals surface area contributed by atoms with Crippen molar-refractivity contribution >= 4 is 5.97 Å². The zero-order valence-corrected chi connectivity index (χ0v) is 13.0. The summed E-state index contributed by atoms with van der Waals surface area (Å²) in [7, 11) is 0. The number of fused-ring (bicyclic) bond motifs is 2. The van der Waals surface area contributed by atoms with E-state index in [0.717, 1.165) is 12.8 Å². The fourth-order valence-electron chi connectivity index (χ4n) is 4.28. The summed E-state index contributed by atoms with van der Waals surface area (Å²) >= 11 is 0. The van der Waals surface area contributed by atoms with Gasteiger partial charge in [-0.2, -0.15) is 0 Å².